The van der Waals surface area contributed by atoms with E-state index in [1.807, 2.05) is 60.7 Å². The zero-order chi connectivity index (χ0) is 14.2. The van der Waals surface area contributed by atoms with Gasteiger partial charge in [0.05, 0.1) is 0 Å². The fraction of sp³-hybridized carbons (Fsp3) is 0.118. The largest absolute Gasteiger partial charge is 0.509 e. The Balaban J connectivity index is 2.21. The number of rotatable bonds is 5. The molecule has 102 valence electrons. The quantitative estimate of drug-likeness (QED) is 0.604. The molecule has 0 saturated heterocycles. The molecule has 0 bridgehead atoms. The van der Waals surface area contributed by atoms with E-state index in [9.17, 15) is 4.79 Å². The molecular formula is C17H16O3. The highest BCUT2D eigenvalue weighted by Crippen LogP contribution is 2.26. The third-order valence-electron chi connectivity index (χ3n) is 2.74. The second kappa shape index (κ2) is 7.14. The molecule has 2 rings (SSSR count). The van der Waals surface area contributed by atoms with Crippen molar-refractivity contribution in [1.82, 2.24) is 0 Å². The SMILES string of the molecule is C=CCOC(=O)OC(c1ccccc1)c1ccccc1. The van der Waals surface area contributed by atoms with Crippen LogP contribution in [-0.2, 0) is 9.47 Å². The average Bonchev–Trinajstić information content (AvgIpc) is 2.52. The van der Waals surface area contributed by atoms with Gasteiger partial charge < -0.3 is 9.47 Å². The Morgan fingerprint density at radius 2 is 1.50 bits per heavy atom. The van der Waals surface area contributed by atoms with Gasteiger partial charge in [-0.05, 0) is 11.1 Å². The monoisotopic (exact) mass is 268 g/mol. The van der Waals surface area contributed by atoms with E-state index in [0.29, 0.717) is 0 Å². The molecule has 3 heteroatoms. The smallest absolute Gasteiger partial charge is 0.430 e. The lowest BCUT2D eigenvalue weighted by Gasteiger charge is -2.18. The number of ether oxygens (including phenoxy) is 2. The van der Waals surface area contributed by atoms with Crippen LogP contribution in [0.2, 0.25) is 0 Å². The molecule has 0 aliphatic carbocycles. The predicted molar refractivity (Wildman–Crippen MR) is 77.4 cm³/mol. The van der Waals surface area contributed by atoms with Crippen LogP contribution >= 0.6 is 0 Å². The first-order chi connectivity index (χ1) is 9.81. The minimum absolute atomic E-state index is 0.134. The van der Waals surface area contributed by atoms with Crippen molar-refractivity contribution in [3.05, 3.63) is 84.4 Å². The third-order valence-corrected chi connectivity index (χ3v) is 2.74. The Morgan fingerprint density at radius 3 is 1.95 bits per heavy atom. The predicted octanol–water partition coefficient (Wildman–Crippen LogP) is 4.12. The average molecular weight is 268 g/mol. The van der Waals surface area contributed by atoms with Crippen molar-refractivity contribution in [2.45, 2.75) is 6.10 Å². The summed E-state index contributed by atoms with van der Waals surface area (Å²) in [7, 11) is 0. The zero-order valence-electron chi connectivity index (χ0n) is 11.1. The molecule has 0 unspecified atom stereocenters. The maximum atomic E-state index is 11.7. The standard InChI is InChI=1S/C17H16O3/c1-2-13-19-17(18)20-16(14-9-5-3-6-10-14)15-11-7-4-8-12-15/h2-12,16H,1,13H2. The van der Waals surface area contributed by atoms with Gasteiger partial charge in [-0.25, -0.2) is 4.79 Å². The summed E-state index contributed by atoms with van der Waals surface area (Å²) >= 11 is 0. The molecule has 0 aromatic heterocycles. The molecule has 0 N–H and O–H groups in total. The summed E-state index contributed by atoms with van der Waals surface area (Å²) in [5.74, 6) is 0. The first-order valence-corrected chi connectivity index (χ1v) is 6.35. The second-order valence-electron chi connectivity index (χ2n) is 4.17. The van der Waals surface area contributed by atoms with Gasteiger partial charge in [0.25, 0.3) is 0 Å². The van der Waals surface area contributed by atoms with Crippen LogP contribution in [0.25, 0.3) is 0 Å². The van der Waals surface area contributed by atoms with E-state index in [1.54, 1.807) is 0 Å². The maximum Gasteiger partial charge on any atom is 0.509 e. The van der Waals surface area contributed by atoms with Gasteiger partial charge in [0.2, 0.25) is 0 Å². The summed E-state index contributed by atoms with van der Waals surface area (Å²) in [5, 5.41) is 0. The number of carbonyl (C=O) groups excluding carboxylic acids is 1. The van der Waals surface area contributed by atoms with E-state index in [4.69, 9.17) is 9.47 Å². The molecule has 20 heavy (non-hydrogen) atoms. The Hall–Kier alpha value is -2.55. The molecular weight excluding hydrogens is 252 g/mol. The van der Waals surface area contributed by atoms with Gasteiger partial charge in [-0.1, -0.05) is 73.3 Å². The van der Waals surface area contributed by atoms with Crippen LogP contribution < -0.4 is 0 Å². The minimum Gasteiger partial charge on any atom is -0.430 e. The molecule has 0 amide bonds. The topological polar surface area (TPSA) is 35.5 Å². The van der Waals surface area contributed by atoms with Gasteiger partial charge >= 0.3 is 6.16 Å². The number of benzene rings is 2. The summed E-state index contributed by atoms with van der Waals surface area (Å²) in [5.41, 5.74) is 1.79. The lowest BCUT2D eigenvalue weighted by molar-refractivity contribution is 0.0415. The minimum atomic E-state index is -0.706. The first-order valence-electron chi connectivity index (χ1n) is 6.35. The van der Waals surface area contributed by atoms with Crippen LogP contribution in [0.4, 0.5) is 4.79 Å². The Morgan fingerprint density at radius 1 is 1.00 bits per heavy atom. The molecule has 2 aromatic carbocycles. The van der Waals surface area contributed by atoms with Crippen molar-refractivity contribution < 1.29 is 14.3 Å². The highest BCUT2D eigenvalue weighted by atomic mass is 16.7. The number of carbonyl (C=O) groups is 1. The zero-order valence-corrected chi connectivity index (χ0v) is 11.1. The van der Waals surface area contributed by atoms with Crippen LogP contribution in [0.5, 0.6) is 0 Å². The Bertz CT molecular complexity index is 509. The van der Waals surface area contributed by atoms with Gasteiger partial charge in [0, 0.05) is 0 Å². The van der Waals surface area contributed by atoms with Crippen molar-refractivity contribution in [2.75, 3.05) is 6.61 Å². The Kier molecular flexibility index (Phi) is 4.95. The van der Waals surface area contributed by atoms with Crippen LogP contribution in [0.3, 0.4) is 0 Å². The number of hydrogen-bond donors (Lipinski definition) is 0. The summed E-state index contributed by atoms with van der Waals surface area (Å²) in [6.45, 7) is 3.63. The van der Waals surface area contributed by atoms with Crippen molar-refractivity contribution in [2.24, 2.45) is 0 Å². The van der Waals surface area contributed by atoms with Gasteiger partial charge in [-0.3, -0.25) is 0 Å². The van der Waals surface area contributed by atoms with E-state index < -0.39 is 12.3 Å². The van der Waals surface area contributed by atoms with E-state index in [-0.39, 0.29) is 6.61 Å². The van der Waals surface area contributed by atoms with Crippen molar-refractivity contribution in [1.29, 1.82) is 0 Å². The van der Waals surface area contributed by atoms with E-state index in [1.165, 1.54) is 6.08 Å². The van der Waals surface area contributed by atoms with E-state index in [2.05, 4.69) is 6.58 Å². The molecule has 0 heterocycles. The van der Waals surface area contributed by atoms with Crippen LogP contribution in [0.15, 0.2) is 73.3 Å². The molecule has 0 radical (unpaired) electrons. The summed E-state index contributed by atoms with van der Waals surface area (Å²) in [6, 6.07) is 19.1. The molecule has 3 nitrogen and oxygen atoms in total. The lowest BCUT2D eigenvalue weighted by atomic mass is 10.0. The van der Waals surface area contributed by atoms with Gasteiger partial charge in [-0.2, -0.15) is 0 Å². The molecule has 0 saturated carbocycles. The maximum absolute atomic E-state index is 11.7. The second-order valence-corrected chi connectivity index (χ2v) is 4.17. The van der Waals surface area contributed by atoms with Gasteiger partial charge in [-0.15, -0.1) is 0 Å². The summed E-state index contributed by atoms with van der Waals surface area (Å²) in [4.78, 5) is 11.7. The summed E-state index contributed by atoms with van der Waals surface area (Å²) < 4.78 is 10.3. The summed E-state index contributed by atoms with van der Waals surface area (Å²) in [6.07, 6.45) is 0.318. The molecule has 0 spiro atoms. The fourth-order valence-electron chi connectivity index (χ4n) is 1.84. The molecule has 0 fully saturated rings. The third kappa shape index (κ3) is 3.72. The molecule has 0 atom stereocenters. The normalized spacial score (nSPS) is 10.1. The van der Waals surface area contributed by atoms with Gasteiger partial charge in [0.15, 0.2) is 6.10 Å². The first kappa shape index (κ1) is 13.9. The van der Waals surface area contributed by atoms with Crippen LogP contribution in [0, 0.1) is 0 Å². The highest BCUT2D eigenvalue weighted by molar-refractivity contribution is 5.61. The van der Waals surface area contributed by atoms with E-state index >= 15 is 0 Å². The molecule has 0 aliphatic rings. The van der Waals surface area contributed by atoms with Gasteiger partial charge in [0.1, 0.15) is 6.61 Å². The van der Waals surface area contributed by atoms with Crippen molar-refractivity contribution in [3.8, 4) is 0 Å². The number of hydrogen-bond acceptors (Lipinski definition) is 3. The molecule has 0 aliphatic heterocycles. The van der Waals surface area contributed by atoms with E-state index in [0.717, 1.165) is 11.1 Å². The van der Waals surface area contributed by atoms with Crippen LogP contribution in [-0.4, -0.2) is 12.8 Å². The van der Waals surface area contributed by atoms with Crippen LogP contribution in [0.1, 0.15) is 17.2 Å². The molecule has 2 aromatic rings. The lowest BCUT2D eigenvalue weighted by Crippen LogP contribution is -2.14. The Labute approximate surface area is 118 Å². The highest BCUT2D eigenvalue weighted by Gasteiger charge is 2.19. The fourth-order valence-corrected chi connectivity index (χ4v) is 1.84. The van der Waals surface area contributed by atoms with Crippen molar-refractivity contribution >= 4 is 6.16 Å². The van der Waals surface area contributed by atoms with Crippen molar-refractivity contribution in [3.63, 3.8) is 0 Å².